The molecule has 7 nitrogen and oxygen atoms in total. The van der Waals surface area contributed by atoms with Crippen molar-refractivity contribution in [1.82, 2.24) is 19.6 Å². The molecular weight excluding hydrogens is 388 g/mol. The molecule has 0 radical (unpaired) electrons. The number of hydrogen-bond donors (Lipinski definition) is 2. The highest BCUT2D eigenvalue weighted by molar-refractivity contribution is 7.89. The van der Waals surface area contributed by atoms with Crippen LogP contribution in [0.15, 0.2) is 53.4 Å². The van der Waals surface area contributed by atoms with Crippen molar-refractivity contribution in [2.24, 2.45) is 0 Å². The fourth-order valence-electron chi connectivity index (χ4n) is 3.58. The number of H-pyrrole nitrogens is 1. The van der Waals surface area contributed by atoms with Crippen LogP contribution in [0.1, 0.15) is 41.9 Å². The zero-order valence-electron chi connectivity index (χ0n) is 16.1. The zero-order chi connectivity index (χ0) is 20.3. The standard InChI is InChI=1S/C21H24N4O3S/c26-21(22-15-20-23-18-10-3-4-11-19(18)24-20)16-8-7-9-17(14-16)29(27,28)25-12-5-1-2-6-13-25/h3-4,7-11,14H,1-2,5-6,12-13,15H2,(H,22,26)(H,23,24). The summed E-state index contributed by atoms with van der Waals surface area (Å²) in [6.45, 7) is 1.30. The number of rotatable bonds is 5. The Morgan fingerprint density at radius 2 is 1.79 bits per heavy atom. The maximum Gasteiger partial charge on any atom is 0.251 e. The molecule has 2 aromatic carbocycles. The molecule has 0 atom stereocenters. The van der Waals surface area contributed by atoms with Crippen molar-refractivity contribution in [2.45, 2.75) is 37.1 Å². The molecule has 0 bridgehead atoms. The Labute approximate surface area is 170 Å². The second-order valence-electron chi connectivity index (χ2n) is 7.23. The molecule has 1 aliphatic heterocycles. The lowest BCUT2D eigenvalue weighted by Gasteiger charge is -2.20. The minimum atomic E-state index is -3.59. The van der Waals surface area contributed by atoms with E-state index >= 15 is 0 Å². The molecule has 0 unspecified atom stereocenters. The van der Waals surface area contributed by atoms with Crippen molar-refractivity contribution in [2.75, 3.05) is 13.1 Å². The van der Waals surface area contributed by atoms with E-state index in [0.29, 0.717) is 24.5 Å². The number of aromatic nitrogens is 2. The fourth-order valence-corrected chi connectivity index (χ4v) is 5.15. The Kier molecular flexibility index (Phi) is 5.64. The summed E-state index contributed by atoms with van der Waals surface area (Å²) in [6.07, 6.45) is 3.85. The fraction of sp³-hybridized carbons (Fsp3) is 0.333. The van der Waals surface area contributed by atoms with Crippen LogP contribution < -0.4 is 5.32 Å². The molecule has 2 heterocycles. The van der Waals surface area contributed by atoms with Gasteiger partial charge in [0.25, 0.3) is 5.91 Å². The third-order valence-corrected chi connectivity index (χ3v) is 7.05. The van der Waals surface area contributed by atoms with Crippen LogP contribution in [-0.4, -0.2) is 41.7 Å². The monoisotopic (exact) mass is 412 g/mol. The number of carbonyl (C=O) groups excluding carboxylic acids is 1. The average molecular weight is 413 g/mol. The summed E-state index contributed by atoms with van der Waals surface area (Å²) in [4.78, 5) is 20.3. The second kappa shape index (κ2) is 8.34. The summed E-state index contributed by atoms with van der Waals surface area (Å²) >= 11 is 0. The number of carbonyl (C=O) groups is 1. The number of amides is 1. The smallest absolute Gasteiger partial charge is 0.251 e. The molecule has 0 aliphatic carbocycles. The molecule has 4 rings (SSSR count). The van der Waals surface area contributed by atoms with E-state index in [1.165, 1.54) is 10.4 Å². The Morgan fingerprint density at radius 1 is 1.03 bits per heavy atom. The van der Waals surface area contributed by atoms with Gasteiger partial charge in [-0.05, 0) is 43.2 Å². The van der Waals surface area contributed by atoms with Gasteiger partial charge in [-0.2, -0.15) is 4.31 Å². The van der Waals surface area contributed by atoms with Crippen LogP contribution in [0.25, 0.3) is 11.0 Å². The summed E-state index contributed by atoms with van der Waals surface area (Å²) < 4.78 is 27.5. The molecule has 1 aromatic heterocycles. The molecular formula is C21H24N4O3S. The van der Waals surface area contributed by atoms with Crippen LogP contribution in [-0.2, 0) is 16.6 Å². The largest absolute Gasteiger partial charge is 0.345 e. The molecule has 8 heteroatoms. The molecule has 1 saturated heterocycles. The molecule has 0 spiro atoms. The summed E-state index contributed by atoms with van der Waals surface area (Å²) in [7, 11) is -3.59. The van der Waals surface area contributed by atoms with Gasteiger partial charge in [0.2, 0.25) is 10.0 Å². The van der Waals surface area contributed by atoms with E-state index in [9.17, 15) is 13.2 Å². The van der Waals surface area contributed by atoms with Gasteiger partial charge >= 0.3 is 0 Å². The van der Waals surface area contributed by atoms with Gasteiger partial charge in [-0.3, -0.25) is 4.79 Å². The Balaban J connectivity index is 1.47. The quantitative estimate of drug-likeness (QED) is 0.673. The lowest BCUT2D eigenvalue weighted by molar-refractivity contribution is 0.0949. The minimum Gasteiger partial charge on any atom is -0.345 e. The molecule has 1 aliphatic rings. The molecule has 152 valence electrons. The number of imidazole rings is 1. The van der Waals surface area contributed by atoms with Crippen LogP contribution >= 0.6 is 0 Å². The van der Waals surface area contributed by atoms with Gasteiger partial charge in [0.05, 0.1) is 22.5 Å². The van der Waals surface area contributed by atoms with E-state index in [-0.39, 0.29) is 17.3 Å². The van der Waals surface area contributed by atoms with Crippen LogP contribution in [0.2, 0.25) is 0 Å². The SMILES string of the molecule is O=C(NCc1nc2ccccc2[nH]1)c1cccc(S(=O)(=O)N2CCCCCC2)c1. The van der Waals surface area contributed by atoms with E-state index in [0.717, 1.165) is 36.7 Å². The third kappa shape index (κ3) is 4.33. The van der Waals surface area contributed by atoms with E-state index < -0.39 is 10.0 Å². The Bertz CT molecular complexity index is 1080. The maximum absolute atomic E-state index is 13.0. The summed E-state index contributed by atoms with van der Waals surface area (Å²) in [5.74, 6) is 0.311. The molecule has 29 heavy (non-hydrogen) atoms. The molecule has 1 amide bonds. The molecule has 2 N–H and O–H groups in total. The zero-order valence-corrected chi connectivity index (χ0v) is 16.9. The van der Waals surface area contributed by atoms with Gasteiger partial charge in [-0.15, -0.1) is 0 Å². The van der Waals surface area contributed by atoms with Crippen LogP contribution in [0.4, 0.5) is 0 Å². The highest BCUT2D eigenvalue weighted by Crippen LogP contribution is 2.21. The van der Waals surface area contributed by atoms with Crippen LogP contribution in [0.3, 0.4) is 0 Å². The number of para-hydroxylation sites is 2. The number of fused-ring (bicyclic) bond motifs is 1. The lowest BCUT2D eigenvalue weighted by atomic mass is 10.2. The van der Waals surface area contributed by atoms with Gasteiger partial charge in [0.15, 0.2) is 0 Å². The molecule has 0 saturated carbocycles. The number of nitrogens with one attached hydrogen (secondary N) is 2. The number of sulfonamides is 1. The Morgan fingerprint density at radius 3 is 2.55 bits per heavy atom. The van der Waals surface area contributed by atoms with Crippen molar-refractivity contribution >= 4 is 27.0 Å². The van der Waals surface area contributed by atoms with Crippen LogP contribution in [0.5, 0.6) is 0 Å². The molecule has 1 fully saturated rings. The van der Waals surface area contributed by atoms with Gasteiger partial charge in [-0.25, -0.2) is 13.4 Å². The number of aromatic amines is 1. The van der Waals surface area contributed by atoms with Crippen molar-refractivity contribution in [3.63, 3.8) is 0 Å². The third-order valence-electron chi connectivity index (χ3n) is 5.15. The van der Waals surface area contributed by atoms with Gasteiger partial charge < -0.3 is 10.3 Å². The normalized spacial score (nSPS) is 15.9. The van der Waals surface area contributed by atoms with Crippen molar-refractivity contribution in [1.29, 1.82) is 0 Å². The summed E-state index contributed by atoms with van der Waals surface area (Å²) in [6, 6.07) is 13.9. The first-order chi connectivity index (χ1) is 14.0. The maximum atomic E-state index is 13.0. The first kappa shape index (κ1) is 19.6. The number of nitrogens with zero attached hydrogens (tertiary/aromatic N) is 2. The minimum absolute atomic E-state index is 0.163. The van der Waals surface area contributed by atoms with Crippen molar-refractivity contribution in [3.05, 3.63) is 59.9 Å². The Hall–Kier alpha value is -2.71. The van der Waals surface area contributed by atoms with Gasteiger partial charge in [0.1, 0.15) is 5.82 Å². The average Bonchev–Trinajstić information content (AvgIpc) is 2.94. The van der Waals surface area contributed by atoms with E-state index in [2.05, 4.69) is 15.3 Å². The van der Waals surface area contributed by atoms with E-state index in [1.54, 1.807) is 18.2 Å². The topological polar surface area (TPSA) is 95.2 Å². The van der Waals surface area contributed by atoms with Gasteiger partial charge in [0, 0.05) is 18.7 Å². The summed E-state index contributed by atoms with van der Waals surface area (Å²) in [5, 5.41) is 2.80. The highest BCUT2D eigenvalue weighted by Gasteiger charge is 2.25. The number of benzene rings is 2. The van der Waals surface area contributed by atoms with Crippen molar-refractivity contribution < 1.29 is 13.2 Å². The first-order valence-corrected chi connectivity index (χ1v) is 11.3. The second-order valence-corrected chi connectivity index (χ2v) is 9.17. The van der Waals surface area contributed by atoms with E-state index in [4.69, 9.17) is 0 Å². The van der Waals surface area contributed by atoms with Crippen molar-refractivity contribution in [3.8, 4) is 0 Å². The predicted molar refractivity (Wildman–Crippen MR) is 111 cm³/mol. The highest BCUT2D eigenvalue weighted by atomic mass is 32.2. The number of hydrogen-bond acceptors (Lipinski definition) is 4. The first-order valence-electron chi connectivity index (χ1n) is 9.86. The predicted octanol–water partition coefficient (Wildman–Crippen LogP) is 3.06. The van der Waals surface area contributed by atoms with Gasteiger partial charge in [-0.1, -0.05) is 31.0 Å². The van der Waals surface area contributed by atoms with E-state index in [1.807, 2.05) is 24.3 Å². The van der Waals surface area contributed by atoms with Crippen LogP contribution in [0, 0.1) is 0 Å². The summed E-state index contributed by atoms with van der Waals surface area (Å²) in [5.41, 5.74) is 2.06. The lowest BCUT2D eigenvalue weighted by Crippen LogP contribution is -2.32. The molecule has 3 aromatic rings.